The average Bonchev–Trinajstić information content (AvgIpc) is 3.03. The number of fused-ring (bicyclic) bond motifs is 1. The van der Waals surface area contributed by atoms with Gasteiger partial charge >= 0.3 is 0 Å². The van der Waals surface area contributed by atoms with Gasteiger partial charge in [0.1, 0.15) is 11.5 Å². The van der Waals surface area contributed by atoms with E-state index in [1.165, 1.54) is 7.11 Å². The van der Waals surface area contributed by atoms with Crippen molar-refractivity contribution in [1.29, 1.82) is 0 Å². The van der Waals surface area contributed by atoms with Gasteiger partial charge in [-0.15, -0.1) is 11.3 Å². The molecule has 0 fully saturated rings. The molecule has 0 atom stereocenters. The average molecular weight is 342 g/mol. The zero-order valence-electron chi connectivity index (χ0n) is 13.5. The van der Waals surface area contributed by atoms with E-state index >= 15 is 0 Å². The van der Waals surface area contributed by atoms with E-state index in [0.29, 0.717) is 30.0 Å². The largest absolute Gasteiger partial charge is 0.497 e. The summed E-state index contributed by atoms with van der Waals surface area (Å²) in [6.07, 6.45) is 0.698. The summed E-state index contributed by atoms with van der Waals surface area (Å²) in [4.78, 5) is 16.9. The molecule has 3 rings (SSSR count). The summed E-state index contributed by atoms with van der Waals surface area (Å²) in [6.45, 7) is 0.522. The Morgan fingerprint density at radius 3 is 2.75 bits per heavy atom. The SMILES string of the molecule is COc1ccc(C(=O)NCCc2nc3ccccc3s2)c(OC)c1. The number of amides is 1. The molecule has 0 saturated heterocycles. The maximum absolute atomic E-state index is 12.3. The molecule has 124 valence electrons. The number of ether oxygens (including phenoxy) is 2. The Morgan fingerprint density at radius 2 is 2.00 bits per heavy atom. The first-order valence-corrected chi connectivity index (χ1v) is 8.37. The first-order valence-electron chi connectivity index (χ1n) is 7.56. The highest BCUT2D eigenvalue weighted by molar-refractivity contribution is 7.18. The molecule has 24 heavy (non-hydrogen) atoms. The molecule has 1 amide bonds. The highest BCUT2D eigenvalue weighted by Crippen LogP contribution is 2.24. The molecule has 0 bridgehead atoms. The van der Waals surface area contributed by atoms with Gasteiger partial charge in [0.05, 0.1) is 35.0 Å². The number of hydrogen-bond acceptors (Lipinski definition) is 5. The van der Waals surface area contributed by atoms with Crippen LogP contribution in [-0.2, 0) is 6.42 Å². The number of hydrogen-bond donors (Lipinski definition) is 1. The molecule has 1 aromatic heterocycles. The monoisotopic (exact) mass is 342 g/mol. The van der Waals surface area contributed by atoms with Gasteiger partial charge in [-0.05, 0) is 24.3 Å². The van der Waals surface area contributed by atoms with Crippen LogP contribution in [-0.4, -0.2) is 31.7 Å². The second-order valence-electron chi connectivity index (χ2n) is 5.15. The maximum Gasteiger partial charge on any atom is 0.255 e. The van der Waals surface area contributed by atoms with Crippen molar-refractivity contribution >= 4 is 27.5 Å². The number of nitrogens with zero attached hydrogens (tertiary/aromatic N) is 1. The Labute approximate surface area is 144 Å². The minimum absolute atomic E-state index is 0.171. The van der Waals surface area contributed by atoms with Crippen molar-refractivity contribution in [3.63, 3.8) is 0 Å². The predicted molar refractivity (Wildman–Crippen MR) is 95.2 cm³/mol. The molecule has 0 aliphatic carbocycles. The van der Waals surface area contributed by atoms with Crippen molar-refractivity contribution in [3.05, 3.63) is 53.0 Å². The number of thiazole rings is 1. The first kappa shape index (κ1) is 16.3. The van der Waals surface area contributed by atoms with E-state index in [1.807, 2.05) is 18.2 Å². The standard InChI is InChI=1S/C18H18N2O3S/c1-22-12-7-8-13(15(11-12)23-2)18(21)19-10-9-17-20-14-5-3-4-6-16(14)24-17/h3-8,11H,9-10H2,1-2H3,(H,19,21). The van der Waals surface area contributed by atoms with E-state index < -0.39 is 0 Å². The molecule has 0 saturated carbocycles. The second-order valence-corrected chi connectivity index (χ2v) is 6.26. The Balaban J connectivity index is 1.63. The van der Waals surface area contributed by atoms with E-state index in [2.05, 4.69) is 16.4 Å². The fourth-order valence-electron chi connectivity index (χ4n) is 2.39. The first-order chi connectivity index (χ1) is 11.7. The number of carbonyl (C=O) groups is 1. The van der Waals surface area contributed by atoms with Gasteiger partial charge < -0.3 is 14.8 Å². The fraction of sp³-hybridized carbons (Fsp3) is 0.222. The summed E-state index contributed by atoms with van der Waals surface area (Å²) in [5, 5.41) is 3.92. The lowest BCUT2D eigenvalue weighted by Gasteiger charge is -2.10. The molecular weight excluding hydrogens is 324 g/mol. The summed E-state index contributed by atoms with van der Waals surface area (Å²) >= 11 is 1.65. The third-order valence-corrected chi connectivity index (χ3v) is 4.71. The van der Waals surface area contributed by atoms with Crippen LogP contribution >= 0.6 is 11.3 Å². The maximum atomic E-state index is 12.3. The predicted octanol–water partition coefficient (Wildman–Crippen LogP) is 3.29. The van der Waals surface area contributed by atoms with Gasteiger partial charge in [-0.3, -0.25) is 4.79 Å². The second kappa shape index (κ2) is 7.31. The van der Waals surface area contributed by atoms with Crippen molar-refractivity contribution in [2.24, 2.45) is 0 Å². The minimum Gasteiger partial charge on any atom is -0.497 e. The van der Waals surface area contributed by atoms with Gasteiger partial charge in [-0.1, -0.05) is 12.1 Å². The lowest BCUT2D eigenvalue weighted by molar-refractivity contribution is 0.0951. The zero-order chi connectivity index (χ0) is 16.9. The number of aromatic nitrogens is 1. The molecular formula is C18H18N2O3S. The number of methoxy groups -OCH3 is 2. The summed E-state index contributed by atoms with van der Waals surface area (Å²) in [7, 11) is 3.11. The molecule has 1 N–H and O–H groups in total. The Bertz CT molecular complexity index is 827. The van der Waals surface area contributed by atoms with Crippen molar-refractivity contribution in [2.75, 3.05) is 20.8 Å². The molecule has 6 heteroatoms. The third kappa shape index (κ3) is 3.49. The number of para-hydroxylation sites is 1. The highest BCUT2D eigenvalue weighted by Gasteiger charge is 2.13. The molecule has 0 radical (unpaired) electrons. The number of benzene rings is 2. The molecule has 0 spiro atoms. The smallest absolute Gasteiger partial charge is 0.255 e. The lowest BCUT2D eigenvalue weighted by Crippen LogP contribution is -2.26. The van der Waals surface area contributed by atoms with E-state index in [9.17, 15) is 4.79 Å². The van der Waals surface area contributed by atoms with Crippen LogP contribution in [0.2, 0.25) is 0 Å². The van der Waals surface area contributed by atoms with Crippen LogP contribution < -0.4 is 14.8 Å². The van der Waals surface area contributed by atoms with E-state index in [1.54, 1.807) is 36.6 Å². The molecule has 0 aliphatic heterocycles. The minimum atomic E-state index is -0.171. The quantitative estimate of drug-likeness (QED) is 0.747. The van der Waals surface area contributed by atoms with Gasteiger partial charge in [0.25, 0.3) is 5.91 Å². The highest BCUT2D eigenvalue weighted by atomic mass is 32.1. The van der Waals surface area contributed by atoms with Crippen molar-refractivity contribution in [3.8, 4) is 11.5 Å². The number of nitrogens with one attached hydrogen (secondary N) is 1. The van der Waals surface area contributed by atoms with Crippen LogP contribution in [0.3, 0.4) is 0 Å². The van der Waals surface area contributed by atoms with Crippen LogP contribution in [0.4, 0.5) is 0 Å². The van der Waals surface area contributed by atoms with Crippen LogP contribution in [0.25, 0.3) is 10.2 Å². The molecule has 0 aliphatic rings. The van der Waals surface area contributed by atoms with Crippen molar-refractivity contribution < 1.29 is 14.3 Å². The lowest BCUT2D eigenvalue weighted by atomic mass is 10.1. The Hall–Kier alpha value is -2.60. The molecule has 3 aromatic rings. The summed E-state index contributed by atoms with van der Waals surface area (Å²) in [5.74, 6) is 0.973. The van der Waals surface area contributed by atoms with Gasteiger partial charge in [0.2, 0.25) is 0 Å². The van der Waals surface area contributed by atoms with E-state index in [0.717, 1.165) is 15.2 Å². The van der Waals surface area contributed by atoms with Crippen LogP contribution in [0.1, 0.15) is 15.4 Å². The van der Waals surface area contributed by atoms with E-state index in [-0.39, 0.29) is 5.91 Å². The van der Waals surface area contributed by atoms with Crippen LogP contribution in [0, 0.1) is 0 Å². The normalized spacial score (nSPS) is 10.6. The Morgan fingerprint density at radius 1 is 1.17 bits per heavy atom. The van der Waals surface area contributed by atoms with Gasteiger partial charge in [0, 0.05) is 19.0 Å². The fourth-order valence-corrected chi connectivity index (χ4v) is 3.36. The van der Waals surface area contributed by atoms with E-state index in [4.69, 9.17) is 9.47 Å². The zero-order valence-corrected chi connectivity index (χ0v) is 14.4. The molecule has 5 nitrogen and oxygen atoms in total. The van der Waals surface area contributed by atoms with Crippen LogP contribution in [0.5, 0.6) is 11.5 Å². The van der Waals surface area contributed by atoms with Crippen molar-refractivity contribution in [2.45, 2.75) is 6.42 Å². The van der Waals surface area contributed by atoms with Gasteiger partial charge in [0.15, 0.2) is 0 Å². The third-order valence-electron chi connectivity index (χ3n) is 3.62. The Kier molecular flexibility index (Phi) is 4.96. The van der Waals surface area contributed by atoms with Gasteiger partial charge in [-0.25, -0.2) is 4.98 Å². The summed E-state index contributed by atoms with van der Waals surface area (Å²) < 4.78 is 11.6. The van der Waals surface area contributed by atoms with Crippen molar-refractivity contribution in [1.82, 2.24) is 10.3 Å². The molecule has 2 aromatic carbocycles. The van der Waals surface area contributed by atoms with Crippen LogP contribution in [0.15, 0.2) is 42.5 Å². The summed E-state index contributed by atoms with van der Waals surface area (Å²) in [6, 6.07) is 13.2. The molecule has 1 heterocycles. The topological polar surface area (TPSA) is 60.5 Å². The number of carbonyl (C=O) groups excluding carboxylic acids is 1. The van der Waals surface area contributed by atoms with Gasteiger partial charge in [-0.2, -0.15) is 0 Å². The summed E-state index contributed by atoms with van der Waals surface area (Å²) in [5.41, 5.74) is 1.49. The molecule has 0 unspecified atom stereocenters. The number of rotatable bonds is 6.